The summed E-state index contributed by atoms with van der Waals surface area (Å²) >= 11 is 0. The highest BCUT2D eigenvalue weighted by Gasteiger charge is 2.37. The van der Waals surface area contributed by atoms with E-state index in [1.165, 1.54) is 0 Å². The summed E-state index contributed by atoms with van der Waals surface area (Å²) in [6.07, 6.45) is 2.31. The molecule has 1 aliphatic heterocycles. The van der Waals surface area contributed by atoms with Crippen LogP contribution in [0.15, 0.2) is 0 Å². The van der Waals surface area contributed by atoms with Crippen LogP contribution in [0.3, 0.4) is 0 Å². The Labute approximate surface area is 122 Å². The number of hydrogen-bond acceptors (Lipinski definition) is 2. The molecule has 1 heterocycles. The second-order valence-corrected chi connectivity index (χ2v) is 6.51. The summed E-state index contributed by atoms with van der Waals surface area (Å²) < 4.78 is 0. The molecule has 0 aromatic carbocycles. The number of nitrogens with one attached hydrogen (secondary N) is 1. The van der Waals surface area contributed by atoms with E-state index in [1.54, 1.807) is 0 Å². The monoisotopic (exact) mass is 283 g/mol. The molecule has 0 bridgehead atoms. The fourth-order valence-corrected chi connectivity index (χ4v) is 2.57. The normalized spacial score (nSPS) is 19.4. The lowest BCUT2D eigenvalue weighted by Gasteiger charge is -2.32. The minimum absolute atomic E-state index is 0.0396. The fraction of sp³-hybridized carbons (Fsp3) is 0.867. The number of likely N-dealkylation sites (tertiary alicyclic amines) is 1. The van der Waals surface area contributed by atoms with Crippen LogP contribution in [-0.4, -0.2) is 53.0 Å². The lowest BCUT2D eigenvalue weighted by Crippen LogP contribution is -2.48. The number of carbonyl (C=O) groups excluding carboxylic acids is 2. The molecule has 1 fully saturated rings. The molecule has 20 heavy (non-hydrogen) atoms. The first kappa shape index (κ1) is 16.8. The Morgan fingerprint density at radius 2 is 1.85 bits per heavy atom. The minimum atomic E-state index is -0.177. The van der Waals surface area contributed by atoms with Crippen LogP contribution >= 0.6 is 0 Å². The van der Waals surface area contributed by atoms with Crippen molar-refractivity contribution in [3.8, 4) is 0 Å². The Morgan fingerprint density at radius 1 is 1.30 bits per heavy atom. The second kappa shape index (κ2) is 6.95. The molecule has 1 N–H and O–H groups in total. The van der Waals surface area contributed by atoms with Gasteiger partial charge in [0.25, 0.3) is 0 Å². The van der Waals surface area contributed by atoms with Gasteiger partial charge in [-0.05, 0) is 33.6 Å². The van der Waals surface area contributed by atoms with Gasteiger partial charge in [-0.2, -0.15) is 0 Å². The van der Waals surface area contributed by atoms with Gasteiger partial charge >= 0.3 is 6.03 Å². The van der Waals surface area contributed by atoms with Gasteiger partial charge in [0.15, 0.2) is 0 Å². The maximum atomic E-state index is 12.2. The van der Waals surface area contributed by atoms with Crippen LogP contribution in [0.25, 0.3) is 0 Å². The third-order valence-corrected chi connectivity index (χ3v) is 3.54. The van der Waals surface area contributed by atoms with E-state index < -0.39 is 0 Å². The van der Waals surface area contributed by atoms with E-state index in [0.717, 1.165) is 25.9 Å². The number of nitrogens with zero attached hydrogens (tertiary/aromatic N) is 2. The highest BCUT2D eigenvalue weighted by Crippen LogP contribution is 2.21. The quantitative estimate of drug-likeness (QED) is 0.841. The number of urea groups is 1. The first-order chi connectivity index (χ1) is 9.29. The Morgan fingerprint density at radius 3 is 2.25 bits per heavy atom. The smallest absolute Gasteiger partial charge is 0.317 e. The van der Waals surface area contributed by atoms with E-state index in [2.05, 4.69) is 19.2 Å². The van der Waals surface area contributed by atoms with Gasteiger partial charge in [-0.15, -0.1) is 0 Å². The third-order valence-electron chi connectivity index (χ3n) is 3.54. The molecule has 5 nitrogen and oxygen atoms in total. The van der Waals surface area contributed by atoms with Crippen LogP contribution in [0.4, 0.5) is 4.79 Å². The van der Waals surface area contributed by atoms with Crippen molar-refractivity contribution in [1.29, 1.82) is 0 Å². The maximum Gasteiger partial charge on any atom is 0.317 e. The topological polar surface area (TPSA) is 52.7 Å². The maximum absolute atomic E-state index is 12.2. The number of hydrogen-bond donors (Lipinski definition) is 1. The van der Waals surface area contributed by atoms with Crippen molar-refractivity contribution in [2.24, 2.45) is 0 Å². The lowest BCUT2D eigenvalue weighted by atomic mass is 10.1. The van der Waals surface area contributed by atoms with E-state index in [4.69, 9.17) is 0 Å². The van der Waals surface area contributed by atoms with Crippen molar-refractivity contribution in [1.82, 2.24) is 15.1 Å². The molecule has 0 spiro atoms. The zero-order chi connectivity index (χ0) is 15.3. The molecule has 0 radical (unpaired) electrons. The van der Waals surface area contributed by atoms with E-state index in [0.29, 0.717) is 13.0 Å². The van der Waals surface area contributed by atoms with Crippen LogP contribution in [0.1, 0.15) is 53.9 Å². The van der Waals surface area contributed by atoms with Crippen LogP contribution in [-0.2, 0) is 4.79 Å². The third kappa shape index (κ3) is 4.39. The molecule has 1 aliphatic rings. The summed E-state index contributed by atoms with van der Waals surface area (Å²) in [5.41, 5.74) is -0.177. The summed E-state index contributed by atoms with van der Waals surface area (Å²) in [4.78, 5) is 27.9. The van der Waals surface area contributed by atoms with Gasteiger partial charge in [-0.1, -0.05) is 13.8 Å². The van der Waals surface area contributed by atoms with Crippen molar-refractivity contribution >= 4 is 11.9 Å². The van der Waals surface area contributed by atoms with Gasteiger partial charge < -0.3 is 15.1 Å². The van der Waals surface area contributed by atoms with Gasteiger partial charge in [-0.25, -0.2) is 4.79 Å². The molecule has 116 valence electrons. The van der Waals surface area contributed by atoms with Crippen molar-refractivity contribution < 1.29 is 9.59 Å². The molecule has 1 saturated heterocycles. The average molecular weight is 283 g/mol. The van der Waals surface area contributed by atoms with Crippen LogP contribution < -0.4 is 5.32 Å². The summed E-state index contributed by atoms with van der Waals surface area (Å²) in [5, 5.41) is 3.01. The molecule has 1 unspecified atom stereocenters. The lowest BCUT2D eigenvalue weighted by molar-refractivity contribution is -0.131. The summed E-state index contributed by atoms with van der Waals surface area (Å²) in [6, 6.07) is -0.104. The first-order valence-corrected chi connectivity index (χ1v) is 7.65. The average Bonchev–Trinajstić information content (AvgIpc) is 2.69. The SMILES string of the molecule is CCCN(CCC)C(=O)NC1CC(=O)N(C(C)(C)C)C1. The molecule has 1 rings (SSSR count). The van der Waals surface area contributed by atoms with Gasteiger partial charge in [0, 0.05) is 31.6 Å². The Balaban J connectivity index is 2.57. The Hall–Kier alpha value is -1.26. The van der Waals surface area contributed by atoms with E-state index in [9.17, 15) is 9.59 Å². The second-order valence-electron chi connectivity index (χ2n) is 6.51. The molecular formula is C15H29N3O2. The zero-order valence-electron chi connectivity index (χ0n) is 13.5. The highest BCUT2D eigenvalue weighted by atomic mass is 16.2. The predicted octanol–water partition coefficient (Wildman–Crippen LogP) is 2.22. The summed E-state index contributed by atoms with van der Waals surface area (Å²) in [6.45, 7) is 12.3. The molecule has 1 atom stereocenters. The van der Waals surface area contributed by atoms with E-state index in [1.807, 2.05) is 30.6 Å². The number of rotatable bonds is 5. The Bertz CT molecular complexity index is 344. The van der Waals surface area contributed by atoms with Gasteiger partial charge in [0.05, 0.1) is 6.04 Å². The molecule has 3 amide bonds. The van der Waals surface area contributed by atoms with Crippen molar-refractivity contribution in [2.75, 3.05) is 19.6 Å². The van der Waals surface area contributed by atoms with E-state index in [-0.39, 0.29) is 23.5 Å². The summed E-state index contributed by atoms with van der Waals surface area (Å²) in [5.74, 6) is 0.125. The van der Waals surface area contributed by atoms with E-state index >= 15 is 0 Å². The van der Waals surface area contributed by atoms with Crippen molar-refractivity contribution in [3.63, 3.8) is 0 Å². The summed E-state index contributed by atoms with van der Waals surface area (Å²) in [7, 11) is 0. The largest absolute Gasteiger partial charge is 0.336 e. The van der Waals surface area contributed by atoms with Crippen LogP contribution in [0.5, 0.6) is 0 Å². The number of carbonyl (C=O) groups is 2. The van der Waals surface area contributed by atoms with Crippen molar-refractivity contribution in [2.45, 2.75) is 65.5 Å². The van der Waals surface area contributed by atoms with Gasteiger partial charge in [-0.3, -0.25) is 4.79 Å². The molecule has 0 aromatic rings. The fourth-order valence-electron chi connectivity index (χ4n) is 2.57. The molecule has 0 saturated carbocycles. The molecular weight excluding hydrogens is 254 g/mol. The van der Waals surface area contributed by atoms with Gasteiger partial charge in [0.2, 0.25) is 5.91 Å². The molecule has 5 heteroatoms. The first-order valence-electron chi connectivity index (χ1n) is 7.65. The van der Waals surface area contributed by atoms with Crippen molar-refractivity contribution in [3.05, 3.63) is 0 Å². The highest BCUT2D eigenvalue weighted by molar-refractivity contribution is 5.82. The standard InChI is InChI=1S/C15H29N3O2/c1-6-8-17(9-7-2)14(20)16-12-10-13(19)18(11-12)15(3,4)5/h12H,6-11H2,1-5H3,(H,16,20). The molecule has 0 aromatic heterocycles. The van der Waals surface area contributed by atoms with Gasteiger partial charge in [0.1, 0.15) is 0 Å². The number of amides is 3. The Kier molecular flexibility index (Phi) is 5.84. The zero-order valence-corrected chi connectivity index (χ0v) is 13.5. The van der Waals surface area contributed by atoms with Crippen LogP contribution in [0, 0.1) is 0 Å². The molecule has 0 aliphatic carbocycles. The predicted molar refractivity (Wildman–Crippen MR) is 80.6 cm³/mol. The van der Waals surface area contributed by atoms with Crippen LogP contribution in [0.2, 0.25) is 0 Å². The minimum Gasteiger partial charge on any atom is -0.336 e.